The molecule has 0 bridgehead atoms. The molecule has 0 aliphatic heterocycles. The predicted octanol–water partition coefficient (Wildman–Crippen LogP) is 3.74. The first-order chi connectivity index (χ1) is 10.8. The average molecular weight is 294 g/mol. The fourth-order valence-electron chi connectivity index (χ4n) is 2.06. The number of benzene rings is 1. The molecule has 3 aromatic rings. The maximum atomic E-state index is 8.75. The van der Waals surface area contributed by atoms with Gasteiger partial charge in [0.25, 0.3) is 5.89 Å². The second-order valence-corrected chi connectivity index (χ2v) is 4.73. The van der Waals surface area contributed by atoms with Gasteiger partial charge in [-0.1, -0.05) is 0 Å². The van der Waals surface area contributed by atoms with E-state index < -0.39 is 0 Å². The highest BCUT2D eigenvalue weighted by Crippen LogP contribution is 2.22. The summed E-state index contributed by atoms with van der Waals surface area (Å²) in [5, 5.41) is 8.75. The van der Waals surface area contributed by atoms with Crippen LogP contribution in [0.15, 0.2) is 51.5 Å². The number of ether oxygens (including phenoxy) is 1. The van der Waals surface area contributed by atoms with Gasteiger partial charge in [0.15, 0.2) is 5.76 Å². The summed E-state index contributed by atoms with van der Waals surface area (Å²) in [6, 6.07) is 12.7. The van der Waals surface area contributed by atoms with Crippen molar-refractivity contribution < 1.29 is 13.6 Å². The number of hydrogen-bond donors (Lipinski definition) is 0. The second kappa shape index (κ2) is 6.19. The summed E-state index contributed by atoms with van der Waals surface area (Å²) in [7, 11) is 0. The lowest BCUT2D eigenvalue weighted by molar-refractivity contribution is 0.320. The highest BCUT2D eigenvalue weighted by molar-refractivity contribution is 5.44. The van der Waals surface area contributed by atoms with Crippen molar-refractivity contribution in [2.24, 2.45) is 0 Å². The minimum absolute atomic E-state index is 0.482. The summed E-state index contributed by atoms with van der Waals surface area (Å²) >= 11 is 0. The van der Waals surface area contributed by atoms with Crippen molar-refractivity contribution in [2.75, 3.05) is 6.61 Å². The van der Waals surface area contributed by atoms with Crippen molar-refractivity contribution in [3.05, 3.63) is 59.7 Å². The lowest BCUT2D eigenvalue weighted by atomic mass is 10.2. The SMILES string of the molecule is Cc1oc(-c2ccco2)nc1CCOc1ccc(C#N)cc1. The van der Waals surface area contributed by atoms with Crippen molar-refractivity contribution in [1.29, 1.82) is 5.26 Å². The maximum Gasteiger partial charge on any atom is 0.263 e. The van der Waals surface area contributed by atoms with E-state index in [1.807, 2.05) is 13.0 Å². The molecule has 2 aromatic heterocycles. The summed E-state index contributed by atoms with van der Waals surface area (Å²) in [6.07, 6.45) is 2.22. The van der Waals surface area contributed by atoms with Crippen LogP contribution in [0.25, 0.3) is 11.7 Å². The number of aryl methyl sites for hydroxylation is 1. The van der Waals surface area contributed by atoms with Gasteiger partial charge in [-0.15, -0.1) is 0 Å². The Morgan fingerprint density at radius 2 is 2.05 bits per heavy atom. The third kappa shape index (κ3) is 3.01. The largest absolute Gasteiger partial charge is 0.493 e. The van der Waals surface area contributed by atoms with E-state index in [0.717, 1.165) is 17.2 Å². The van der Waals surface area contributed by atoms with Crippen LogP contribution in [0.4, 0.5) is 0 Å². The van der Waals surface area contributed by atoms with Crippen molar-refractivity contribution in [3.8, 4) is 23.5 Å². The molecule has 0 saturated carbocycles. The first kappa shape index (κ1) is 14.0. The fraction of sp³-hybridized carbons (Fsp3) is 0.176. The van der Waals surface area contributed by atoms with E-state index in [4.69, 9.17) is 18.8 Å². The third-order valence-electron chi connectivity index (χ3n) is 3.22. The molecule has 3 rings (SSSR count). The molecule has 0 aliphatic carbocycles. The van der Waals surface area contributed by atoms with Gasteiger partial charge < -0.3 is 13.6 Å². The molecule has 0 N–H and O–H groups in total. The topological polar surface area (TPSA) is 72.2 Å². The maximum absolute atomic E-state index is 8.75. The summed E-state index contributed by atoms with van der Waals surface area (Å²) in [4.78, 5) is 4.43. The van der Waals surface area contributed by atoms with Gasteiger partial charge in [-0.05, 0) is 43.3 Å². The zero-order valence-corrected chi connectivity index (χ0v) is 12.1. The van der Waals surface area contributed by atoms with Gasteiger partial charge >= 0.3 is 0 Å². The Morgan fingerprint density at radius 1 is 1.23 bits per heavy atom. The molecule has 0 amide bonds. The molecule has 0 fully saturated rings. The molecule has 2 heterocycles. The molecule has 110 valence electrons. The number of nitriles is 1. The first-order valence-electron chi connectivity index (χ1n) is 6.89. The van der Waals surface area contributed by atoms with Crippen molar-refractivity contribution in [2.45, 2.75) is 13.3 Å². The summed E-state index contributed by atoms with van der Waals surface area (Å²) in [6.45, 7) is 2.35. The summed E-state index contributed by atoms with van der Waals surface area (Å²) < 4.78 is 16.5. The summed E-state index contributed by atoms with van der Waals surface area (Å²) in [5.41, 5.74) is 1.46. The minimum Gasteiger partial charge on any atom is -0.493 e. The molecule has 22 heavy (non-hydrogen) atoms. The van der Waals surface area contributed by atoms with Gasteiger partial charge in [0.1, 0.15) is 11.5 Å². The zero-order chi connectivity index (χ0) is 15.4. The highest BCUT2D eigenvalue weighted by Gasteiger charge is 2.13. The second-order valence-electron chi connectivity index (χ2n) is 4.73. The molecule has 0 unspecified atom stereocenters. The third-order valence-corrected chi connectivity index (χ3v) is 3.22. The van der Waals surface area contributed by atoms with Gasteiger partial charge in [-0.3, -0.25) is 0 Å². The Balaban J connectivity index is 1.61. The quantitative estimate of drug-likeness (QED) is 0.716. The zero-order valence-electron chi connectivity index (χ0n) is 12.1. The highest BCUT2D eigenvalue weighted by atomic mass is 16.5. The molecule has 1 aromatic carbocycles. The van der Waals surface area contributed by atoms with E-state index >= 15 is 0 Å². The number of rotatable bonds is 5. The van der Waals surface area contributed by atoms with Gasteiger partial charge in [-0.2, -0.15) is 5.26 Å². The molecular weight excluding hydrogens is 280 g/mol. The molecule has 0 aliphatic rings. The average Bonchev–Trinajstić information content (AvgIpc) is 3.18. The molecule has 0 saturated heterocycles. The molecule has 5 nitrogen and oxygen atoms in total. The Bertz CT molecular complexity index is 780. The van der Waals surface area contributed by atoms with E-state index in [9.17, 15) is 0 Å². The number of oxazole rings is 1. The Kier molecular flexibility index (Phi) is 3.92. The number of hydrogen-bond acceptors (Lipinski definition) is 5. The smallest absolute Gasteiger partial charge is 0.263 e. The Hall–Kier alpha value is -3.00. The van der Waals surface area contributed by atoms with Crippen LogP contribution in [0.3, 0.4) is 0 Å². The van der Waals surface area contributed by atoms with Crippen LogP contribution < -0.4 is 4.74 Å². The minimum atomic E-state index is 0.482. The van der Waals surface area contributed by atoms with Crippen molar-refractivity contribution >= 4 is 0 Å². The predicted molar refractivity (Wildman–Crippen MR) is 79.3 cm³/mol. The Labute approximate surface area is 127 Å². The van der Waals surface area contributed by atoms with E-state index in [-0.39, 0.29) is 0 Å². The van der Waals surface area contributed by atoms with Crippen LogP contribution in [0.2, 0.25) is 0 Å². The lowest BCUT2D eigenvalue weighted by Gasteiger charge is -2.04. The normalized spacial score (nSPS) is 10.4. The molecule has 5 heteroatoms. The van der Waals surface area contributed by atoms with E-state index in [1.54, 1.807) is 36.6 Å². The fourth-order valence-corrected chi connectivity index (χ4v) is 2.06. The number of furan rings is 1. The lowest BCUT2D eigenvalue weighted by Crippen LogP contribution is -2.02. The van der Waals surface area contributed by atoms with Crippen molar-refractivity contribution in [3.63, 3.8) is 0 Å². The first-order valence-corrected chi connectivity index (χ1v) is 6.89. The molecule has 0 spiro atoms. The Morgan fingerprint density at radius 3 is 2.73 bits per heavy atom. The van der Waals surface area contributed by atoms with Crippen LogP contribution in [0.1, 0.15) is 17.0 Å². The van der Waals surface area contributed by atoms with Crippen molar-refractivity contribution in [1.82, 2.24) is 4.98 Å². The van der Waals surface area contributed by atoms with Gasteiger partial charge in [0, 0.05) is 6.42 Å². The number of aromatic nitrogens is 1. The monoisotopic (exact) mass is 294 g/mol. The van der Waals surface area contributed by atoms with Crippen LogP contribution >= 0.6 is 0 Å². The molecular formula is C17H14N2O3. The standard InChI is InChI=1S/C17H14N2O3/c1-12-15(19-17(22-12)16-3-2-9-21-16)8-10-20-14-6-4-13(11-18)5-7-14/h2-7,9H,8,10H2,1H3. The van der Waals surface area contributed by atoms with Crippen LogP contribution in [-0.2, 0) is 6.42 Å². The molecule has 0 atom stereocenters. The van der Waals surface area contributed by atoms with Crippen LogP contribution in [0, 0.1) is 18.3 Å². The summed E-state index contributed by atoms with van der Waals surface area (Å²) in [5.74, 6) is 2.58. The van der Waals surface area contributed by atoms with Gasteiger partial charge in [0.05, 0.1) is 30.2 Å². The number of nitrogens with zero attached hydrogens (tertiary/aromatic N) is 2. The van der Waals surface area contributed by atoms with Crippen LogP contribution in [0.5, 0.6) is 5.75 Å². The van der Waals surface area contributed by atoms with E-state index in [0.29, 0.717) is 30.2 Å². The molecule has 0 radical (unpaired) electrons. The van der Waals surface area contributed by atoms with Gasteiger partial charge in [-0.25, -0.2) is 4.98 Å². The van der Waals surface area contributed by atoms with E-state index in [2.05, 4.69) is 11.1 Å². The van der Waals surface area contributed by atoms with Gasteiger partial charge in [0.2, 0.25) is 0 Å². The van der Waals surface area contributed by atoms with Crippen LogP contribution in [-0.4, -0.2) is 11.6 Å². The van der Waals surface area contributed by atoms with E-state index in [1.165, 1.54) is 0 Å².